The summed E-state index contributed by atoms with van der Waals surface area (Å²) < 4.78 is 0. The van der Waals surface area contributed by atoms with Crippen molar-refractivity contribution >= 4 is 0 Å². The number of nitriles is 1. The van der Waals surface area contributed by atoms with Crippen molar-refractivity contribution in [2.24, 2.45) is 0 Å². The lowest BCUT2D eigenvalue weighted by atomic mass is 10.0. The lowest BCUT2D eigenvalue weighted by molar-refractivity contribution is 0.799. The molecule has 0 spiro atoms. The highest BCUT2D eigenvalue weighted by atomic mass is 14.2. The standard InChI is InChI=1S/C17H21N/c1-3-4-8-17(14-18)13-15(2)11-12-16-9-6-5-7-10-16/h5-7,9-10H,3-4,8,11-12H2,1-2H3. The summed E-state index contributed by atoms with van der Waals surface area (Å²) in [6.07, 6.45) is 5.04. The van der Waals surface area contributed by atoms with Crippen molar-refractivity contribution in [2.75, 3.05) is 0 Å². The number of aryl methyl sites for hydroxylation is 1. The van der Waals surface area contributed by atoms with Crippen LogP contribution in [0.5, 0.6) is 0 Å². The molecule has 0 atom stereocenters. The van der Waals surface area contributed by atoms with Crippen LogP contribution in [0.1, 0.15) is 45.1 Å². The molecule has 18 heavy (non-hydrogen) atoms. The minimum atomic E-state index is 0.794. The van der Waals surface area contributed by atoms with Crippen LogP contribution in [0.3, 0.4) is 0 Å². The fourth-order valence-electron chi connectivity index (χ4n) is 1.80. The van der Waals surface area contributed by atoms with Gasteiger partial charge in [-0.3, -0.25) is 0 Å². The van der Waals surface area contributed by atoms with Crippen LogP contribution in [0.15, 0.2) is 47.2 Å². The van der Waals surface area contributed by atoms with Crippen LogP contribution in [-0.2, 0) is 6.42 Å². The first kappa shape index (κ1) is 14.3. The van der Waals surface area contributed by atoms with Gasteiger partial charge in [0.25, 0.3) is 0 Å². The minimum absolute atomic E-state index is 0.794. The van der Waals surface area contributed by atoms with Gasteiger partial charge in [0, 0.05) is 0 Å². The maximum atomic E-state index is 9.02. The van der Waals surface area contributed by atoms with Gasteiger partial charge in [0.1, 0.15) is 6.07 Å². The van der Waals surface area contributed by atoms with E-state index in [1.165, 1.54) is 11.1 Å². The van der Waals surface area contributed by atoms with E-state index >= 15 is 0 Å². The van der Waals surface area contributed by atoms with Crippen molar-refractivity contribution in [3.8, 4) is 6.07 Å². The Labute approximate surface area is 110 Å². The highest BCUT2D eigenvalue weighted by molar-refractivity contribution is 5.23. The van der Waals surface area contributed by atoms with Gasteiger partial charge in [0.2, 0.25) is 0 Å². The molecule has 0 bridgehead atoms. The lowest BCUT2D eigenvalue weighted by Gasteiger charge is -2.00. The summed E-state index contributed by atoms with van der Waals surface area (Å²) in [5.74, 6) is 0. The van der Waals surface area contributed by atoms with E-state index in [-0.39, 0.29) is 0 Å². The van der Waals surface area contributed by atoms with E-state index in [0.29, 0.717) is 0 Å². The molecule has 1 nitrogen and oxygen atoms in total. The molecule has 0 radical (unpaired) electrons. The third-order valence-electron chi connectivity index (χ3n) is 2.91. The molecule has 1 aromatic rings. The van der Waals surface area contributed by atoms with Gasteiger partial charge in [-0.1, -0.05) is 43.7 Å². The Morgan fingerprint density at radius 2 is 1.89 bits per heavy atom. The van der Waals surface area contributed by atoms with E-state index in [1.807, 2.05) is 6.07 Å². The first-order chi connectivity index (χ1) is 8.76. The minimum Gasteiger partial charge on any atom is -0.192 e. The molecular weight excluding hydrogens is 218 g/mol. The summed E-state index contributed by atoms with van der Waals surface area (Å²) in [5, 5.41) is 9.02. The topological polar surface area (TPSA) is 23.8 Å². The van der Waals surface area contributed by atoms with Gasteiger partial charge >= 0.3 is 0 Å². The van der Waals surface area contributed by atoms with Crippen LogP contribution in [0.4, 0.5) is 0 Å². The van der Waals surface area contributed by atoms with Gasteiger partial charge in [-0.2, -0.15) is 5.26 Å². The Morgan fingerprint density at radius 3 is 2.50 bits per heavy atom. The van der Waals surface area contributed by atoms with Gasteiger partial charge in [-0.05, 0) is 43.7 Å². The molecule has 0 aromatic heterocycles. The summed E-state index contributed by atoms with van der Waals surface area (Å²) in [7, 11) is 0. The van der Waals surface area contributed by atoms with E-state index in [9.17, 15) is 0 Å². The number of nitrogens with zero attached hydrogens (tertiary/aromatic N) is 1. The molecule has 1 rings (SSSR count). The number of hydrogen-bond acceptors (Lipinski definition) is 1. The molecule has 0 aliphatic rings. The molecule has 0 saturated carbocycles. The van der Waals surface area contributed by atoms with E-state index < -0.39 is 0 Å². The molecule has 1 aromatic carbocycles. The van der Waals surface area contributed by atoms with Crippen molar-refractivity contribution in [3.05, 3.63) is 52.8 Å². The fourth-order valence-corrected chi connectivity index (χ4v) is 1.80. The Hall–Kier alpha value is -1.77. The van der Waals surface area contributed by atoms with Crippen LogP contribution in [0, 0.1) is 11.3 Å². The fraction of sp³-hybridized carbons (Fsp3) is 0.412. The number of rotatable bonds is 6. The zero-order chi connectivity index (χ0) is 13.2. The van der Waals surface area contributed by atoms with Crippen LogP contribution in [0.2, 0.25) is 0 Å². The third kappa shape index (κ3) is 5.53. The Kier molecular flexibility index (Phi) is 6.62. The summed E-state index contributed by atoms with van der Waals surface area (Å²) >= 11 is 0. The highest BCUT2D eigenvalue weighted by Crippen LogP contribution is 2.10. The van der Waals surface area contributed by atoms with Crippen LogP contribution >= 0.6 is 0 Å². The van der Waals surface area contributed by atoms with E-state index in [1.54, 1.807) is 0 Å². The summed E-state index contributed by atoms with van der Waals surface area (Å²) in [6, 6.07) is 12.7. The first-order valence-electron chi connectivity index (χ1n) is 6.65. The zero-order valence-corrected chi connectivity index (χ0v) is 11.4. The van der Waals surface area contributed by atoms with E-state index in [2.05, 4.69) is 49.9 Å². The number of hydrogen-bond donors (Lipinski definition) is 0. The zero-order valence-electron chi connectivity index (χ0n) is 11.4. The monoisotopic (exact) mass is 239 g/mol. The van der Waals surface area contributed by atoms with Gasteiger partial charge in [-0.15, -0.1) is 5.73 Å². The van der Waals surface area contributed by atoms with Gasteiger partial charge in [0.05, 0.1) is 5.57 Å². The van der Waals surface area contributed by atoms with Crippen molar-refractivity contribution in [2.45, 2.75) is 46.0 Å². The lowest BCUT2D eigenvalue weighted by Crippen LogP contribution is -1.86. The SMILES string of the molecule is CCCCC(=C=C(C)CCc1ccccc1)C#N. The molecule has 0 heterocycles. The highest BCUT2D eigenvalue weighted by Gasteiger charge is 1.96. The predicted molar refractivity (Wildman–Crippen MR) is 76.1 cm³/mol. The predicted octanol–water partition coefficient (Wildman–Crippen LogP) is 4.80. The van der Waals surface area contributed by atoms with E-state index in [4.69, 9.17) is 5.26 Å². The Bertz CT molecular complexity index is 456. The van der Waals surface area contributed by atoms with Crippen molar-refractivity contribution in [3.63, 3.8) is 0 Å². The van der Waals surface area contributed by atoms with Crippen molar-refractivity contribution in [1.29, 1.82) is 5.26 Å². The number of unbranched alkanes of at least 4 members (excludes halogenated alkanes) is 1. The molecule has 94 valence electrons. The van der Waals surface area contributed by atoms with Gasteiger partial charge in [0.15, 0.2) is 0 Å². The molecule has 0 saturated heterocycles. The van der Waals surface area contributed by atoms with Crippen LogP contribution in [0.25, 0.3) is 0 Å². The molecule has 0 aliphatic heterocycles. The quantitative estimate of drug-likeness (QED) is 0.516. The molecule has 0 aliphatic carbocycles. The van der Waals surface area contributed by atoms with Crippen LogP contribution in [-0.4, -0.2) is 0 Å². The van der Waals surface area contributed by atoms with Gasteiger partial charge in [-0.25, -0.2) is 0 Å². The van der Waals surface area contributed by atoms with Crippen molar-refractivity contribution in [1.82, 2.24) is 0 Å². The summed E-state index contributed by atoms with van der Waals surface area (Å²) in [6.45, 7) is 4.20. The molecule has 0 unspecified atom stereocenters. The summed E-state index contributed by atoms with van der Waals surface area (Å²) in [4.78, 5) is 0. The molecule has 1 heteroatoms. The second-order valence-corrected chi connectivity index (χ2v) is 4.58. The van der Waals surface area contributed by atoms with E-state index in [0.717, 1.165) is 37.7 Å². The maximum Gasteiger partial charge on any atom is 0.103 e. The molecule has 0 N–H and O–H groups in total. The number of allylic oxidation sites excluding steroid dienone is 1. The van der Waals surface area contributed by atoms with Crippen LogP contribution < -0.4 is 0 Å². The average molecular weight is 239 g/mol. The first-order valence-corrected chi connectivity index (χ1v) is 6.65. The maximum absolute atomic E-state index is 9.02. The number of benzene rings is 1. The molecule has 0 fully saturated rings. The Morgan fingerprint density at radius 1 is 1.17 bits per heavy atom. The smallest absolute Gasteiger partial charge is 0.103 e. The van der Waals surface area contributed by atoms with Gasteiger partial charge < -0.3 is 0 Å². The molecule has 0 amide bonds. The molecular formula is C17H21N. The largest absolute Gasteiger partial charge is 0.192 e. The normalized spacial score (nSPS) is 9.39. The Balaban J connectivity index is 2.60. The second kappa shape index (κ2) is 8.34. The van der Waals surface area contributed by atoms with Crippen molar-refractivity contribution < 1.29 is 0 Å². The third-order valence-corrected chi connectivity index (χ3v) is 2.91. The second-order valence-electron chi connectivity index (χ2n) is 4.58. The summed E-state index contributed by atoms with van der Waals surface area (Å²) in [5.41, 5.74) is 6.55. The average Bonchev–Trinajstić information content (AvgIpc) is 2.42.